The fraction of sp³-hybridized carbons (Fsp3) is 0.200. The first-order chi connectivity index (χ1) is 8.61. The van der Waals surface area contributed by atoms with Gasteiger partial charge in [0.25, 0.3) is 0 Å². The van der Waals surface area contributed by atoms with Gasteiger partial charge < -0.3 is 4.74 Å². The lowest BCUT2D eigenvalue weighted by Gasteiger charge is -1.99. The largest absolute Gasteiger partial charge is 0.497 e. The van der Waals surface area contributed by atoms with E-state index in [1.54, 1.807) is 7.11 Å². The van der Waals surface area contributed by atoms with Gasteiger partial charge in [-0.05, 0) is 65.8 Å². The summed E-state index contributed by atoms with van der Waals surface area (Å²) in [4.78, 5) is 2.73. The number of hydrogen-bond donors (Lipinski definition) is 0. The highest BCUT2D eigenvalue weighted by Crippen LogP contribution is 2.30. The number of aryl methyl sites for hydroxylation is 1. The van der Waals surface area contributed by atoms with Crippen LogP contribution in [0.4, 0.5) is 0 Å². The molecule has 1 nitrogen and oxygen atoms in total. The number of rotatable bonds is 3. The van der Waals surface area contributed by atoms with Crippen LogP contribution in [-0.4, -0.2) is 7.11 Å². The van der Waals surface area contributed by atoms with Gasteiger partial charge in [0.2, 0.25) is 0 Å². The molecule has 1 heterocycles. The van der Waals surface area contributed by atoms with Gasteiger partial charge in [-0.15, -0.1) is 11.3 Å². The molecule has 0 amide bonds. The van der Waals surface area contributed by atoms with E-state index >= 15 is 0 Å². The second-order valence-electron chi connectivity index (χ2n) is 4.07. The Morgan fingerprint density at radius 2 is 1.78 bits per heavy atom. The molecule has 1 aromatic heterocycles. The molecule has 0 aliphatic rings. The van der Waals surface area contributed by atoms with Crippen molar-refractivity contribution in [3.05, 3.63) is 48.7 Å². The number of ether oxygens (including phenoxy) is 1. The van der Waals surface area contributed by atoms with Crippen molar-refractivity contribution in [2.24, 2.45) is 0 Å². The average Bonchev–Trinajstić information content (AvgIpc) is 2.64. The summed E-state index contributed by atoms with van der Waals surface area (Å²) in [7, 11) is 1.69. The maximum atomic E-state index is 5.15. The Kier molecular flexibility index (Phi) is 4.45. The Bertz CT molecular complexity index is 567. The Morgan fingerprint density at radius 3 is 2.28 bits per heavy atom. The predicted molar refractivity (Wildman–Crippen MR) is 88.4 cm³/mol. The van der Waals surface area contributed by atoms with Gasteiger partial charge in [0.15, 0.2) is 0 Å². The Hall–Kier alpha value is -0.810. The summed E-state index contributed by atoms with van der Waals surface area (Å²) >= 11 is 4.26. The third-order valence-corrected chi connectivity index (χ3v) is 5.97. The van der Waals surface area contributed by atoms with Crippen LogP contribution in [0.15, 0.2) is 24.3 Å². The number of hydrogen-bond acceptors (Lipinski definition) is 2. The molecule has 2 rings (SSSR count). The second kappa shape index (κ2) is 5.89. The lowest BCUT2D eigenvalue weighted by molar-refractivity contribution is 0.415. The van der Waals surface area contributed by atoms with Crippen molar-refractivity contribution in [2.45, 2.75) is 13.8 Å². The highest BCUT2D eigenvalue weighted by atomic mass is 127. The topological polar surface area (TPSA) is 9.23 Å². The van der Waals surface area contributed by atoms with Crippen molar-refractivity contribution in [2.75, 3.05) is 7.11 Å². The van der Waals surface area contributed by atoms with E-state index in [1.807, 2.05) is 23.5 Å². The van der Waals surface area contributed by atoms with Crippen LogP contribution in [-0.2, 0) is 0 Å². The molecular weight excluding hydrogens is 355 g/mol. The van der Waals surface area contributed by atoms with Crippen LogP contribution in [0.25, 0.3) is 12.2 Å². The summed E-state index contributed by atoms with van der Waals surface area (Å²) in [6.07, 6.45) is 4.34. The summed E-state index contributed by atoms with van der Waals surface area (Å²) < 4.78 is 6.53. The van der Waals surface area contributed by atoms with Crippen LogP contribution < -0.4 is 4.74 Å². The fourth-order valence-electron chi connectivity index (χ4n) is 1.70. The van der Waals surface area contributed by atoms with Crippen LogP contribution in [0.5, 0.6) is 5.75 Å². The quantitative estimate of drug-likeness (QED) is 0.679. The Labute approximate surface area is 126 Å². The van der Waals surface area contributed by atoms with Gasteiger partial charge in [-0.25, -0.2) is 0 Å². The van der Waals surface area contributed by atoms with Crippen molar-refractivity contribution < 1.29 is 4.74 Å². The van der Waals surface area contributed by atoms with E-state index in [0.717, 1.165) is 5.75 Å². The smallest absolute Gasteiger partial charge is 0.118 e. The molecule has 0 atom stereocenters. The third kappa shape index (κ3) is 2.95. The first kappa shape index (κ1) is 13.6. The van der Waals surface area contributed by atoms with E-state index in [9.17, 15) is 0 Å². The minimum Gasteiger partial charge on any atom is -0.497 e. The molecule has 0 fully saturated rings. The standard InChI is InChI=1S/C15H15IOS/c1-10-14(18-11(2)15(10)16)9-6-12-4-7-13(17-3)8-5-12/h4-9H,1-3H3. The van der Waals surface area contributed by atoms with Gasteiger partial charge in [0, 0.05) is 13.3 Å². The van der Waals surface area contributed by atoms with Gasteiger partial charge in [-0.3, -0.25) is 0 Å². The molecule has 0 spiro atoms. The van der Waals surface area contributed by atoms with Crippen molar-refractivity contribution in [1.29, 1.82) is 0 Å². The molecule has 0 saturated heterocycles. The van der Waals surface area contributed by atoms with Crippen LogP contribution in [0, 0.1) is 17.4 Å². The number of benzene rings is 1. The van der Waals surface area contributed by atoms with E-state index < -0.39 is 0 Å². The molecule has 0 radical (unpaired) electrons. The van der Waals surface area contributed by atoms with Gasteiger partial charge in [0.1, 0.15) is 5.75 Å². The maximum absolute atomic E-state index is 5.15. The lowest BCUT2D eigenvalue weighted by Crippen LogP contribution is -1.81. The molecule has 1 aromatic carbocycles. The first-order valence-corrected chi connectivity index (χ1v) is 7.59. The monoisotopic (exact) mass is 370 g/mol. The van der Waals surface area contributed by atoms with Crippen LogP contribution in [0.1, 0.15) is 20.9 Å². The normalized spacial score (nSPS) is 11.1. The molecule has 0 aliphatic heterocycles. The van der Waals surface area contributed by atoms with Crippen LogP contribution in [0.3, 0.4) is 0 Å². The van der Waals surface area contributed by atoms with Gasteiger partial charge in [-0.1, -0.05) is 18.2 Å². The van der Waals surface area contributed by atoms with Crippen molar-refractivity contribution in [3.63, 3.8) is 0 Å². The summed E-state index contributed by atoms with van der Waals surface area (Å²) in [6.45, 7) is 4.35. The van der Waals surface area contributed by atoms with E-state index in [-0.39, 0.29) is 0 Å². The van der Waals surface area contributed by atoms with Crippen molar-refractivity contribution in [1.82, 2.24) is 0 Å². The highest BCUT2D eigenvalue weighted by Gasteiger charge is 2.06. The molecule has 0 bridgehead atoms. The first-order valence-electron chi connectivity index (χ1n) is 5.69. The molecule has 18 heavy (non-hydrogen) atoms. The summed E-state index contributed by atoms with van der Waals surface area (Å²) in [5, 5.41) is 0. The Balaban J connectivity index is 2.21. The molecule has 0 unspecified atom stereocenters. The summed E-state index contributed by atoms with van der Waals surface area (Å²) in [5.41, 5.74) is 2.57. The van der Waals surface area contributed by atoms with Gasteiger partial charge >= 0.3 is 0 Å². The van der Waals surface area contributed by atoms with Gasteiger partial charge in [0.05, 0.1) is 7.11 Å². The van der Waals surface area contributed by atoms with Crippen LogP contribution in [0.2, 0.25) is 0 Å². The maximum Gasteiger partial charge on any atom is 0.118 e. The molecule has 0 N–H and O–H groups in total. The third-order valence-electron chi connectivity index (χ3n) is 2.81. The zero-order valence-electron chi connectivity index (χ0n) is 10.7. The summed E-state index contributed by atoms with van der Waals surface area (Å²) in [5.74, 6) is 0.893. The van der Waals surface area contributed by atoms with E-state index in [2.05, 4.69) is 60.7 Å². The lowest BCUT2D eigenvalue weighted by atomic mass is 10.2. The summed E-state index contributed by atoms with van der Waals surface area (Å²) in [6, 6.07) is 8.10. The molecule has 0 aliphatic carbocycles. The van der Waals surface area contributed by atoms with Crippen molar-refractivity contribution >= 4 is 46.1 Å². The molecule has 94 valence electrons. The minimum atomic E-state index is 0.893. The second-order valence-corrected chi connectivity index (χ2v) is 6.40. The highest BCUT2D eigenvalue weighted by molar-refractivity contribution is 14.1. The minimum absolute atomic E-state index is 0.893. The molecular formula is C15H15IOS. The molecule has 0 saturated carbocycles. The van der Waals surface area contributed by atoms with Crippen molar-refractivity contribution in [3.8, 4) is 5.75 Å². The van der Waals surface area contributed by atoms with E-state index in [0.29, 0.717) is 0 Å². The zero-order chi connectivity index (χ0) is 13.1. The molecule has 3 heteroatoms. The zero-order valence-corrected chi connectivity index (χ0v) is 13.6. The number of thiophene rings is 1. The van der Waals surface area contributed by atoms with Gasteiger partial charge in [-0.2, -0.15) is 0 Å². The SMILES string of the molecule is COc1ccc(C=Cc2sc(C)c(I)c2C)cc1. The number of methoxy groups -OCH3 is 1. The number of halogens is 1. The van der Waals surface area contributed by atoms with E-state index in [1.165, 1.54) is 24.5 Å². The average molecular weight is 370 g/mol. The van der Waals surface area contributed by atoms with E-state index in [4.69, 9.17) is 4.74 Å². The van der Waals surface area contributed by atoms with Crippen LogP contribution >= 0.6 is 33.9 Å². The predicted octanol–water partition coefficient (Wildman–Crippen LogP) is 5.15. The fourth-order valence-corrected chi connectivity index (χ4v) is 3.47. The Morgan fingerprint density at radius 1 is 1.11 bits per heavy atom. The molecule has 2 aromatic rings.